The molecule has 0 radical (unpaired) electrons. The molecule has 2 aromatic rings. The lowest BCUT2D eigenvalue weighted by molar-refractivity contribution is -0.136. The molecule has 0 saturated carbocycles. The molecular formula is C15H12N4O2S. The van der Waals surface area contributed by atoms with Crippen LogP contribution in [0.25, 0.3) is 0 Å². The van der Waals surface area contributed by atoms with Crippen molar-refractivity contribution >= 4 is 35.1 Å². The summed E-state index contributed by atoms with van der Waals surface area (Å²) in [6, 6.07) is 10.1. The zero-order valence-corrected chi connectivity index (χ0v) is 12.5. The molecule has 2 rings (SSSR count). The summed E-state index contributed by atoms with van der Waals surface area (Å²) in [4.78, 5) is 24.2. The van der Waals surface area contributed by atoms with E-state index in [1.165, 1.54) is 17.6 Å². The van der Waals surface area contributed by atoms with Gasteiger partial charge in [0.05, 0.1) is 17.8 Å². The largest absolute Gasteiger partial charge is 0.329 e. The quantitative estimate of drug-likeness (QED) is 0.515. The molecule has 0 aliphatic carbocycles. The fourth-order valence-electron chi connectivity index (χ4n) is 1.53. The molecule has 6 nitrogen and oxygen atoms in total. The number of aryl methyl sites for hydroxylation is 1. The Hall–Kier alpha value is -2.98. The number of hydrogen-bond acceptors (Lipinski definition) is 5. The summed E-state index contributed by atoms with van der Waals surface area (Å²) in [5.74, 6) is -1.69. The molecule has 0 unspecified atom stereocenters. The van der Waals surface area contributed by atoms with E-state index in [0.717, 1.165) is 10.4 Å². The van der Waals surface area contributed by atoms with E-state index in [2.05, 4.69) is 15.8 Å². The summed E-state index contributed by atoms with van der Waals surface area (Å²) in [6.45, 7) is 1.93. The molecule has 0 spiro atoms. The number of amides is 2. The third kappa shape index (κ3) is 4.01. The van der Waals surface area contributed by atoms with Crippen molar-refractivity contribution in [2.75, 3.05) is 5.32 Å². The molecule has 0 aliphatic rings. The van der Waals surface area contributed by atoms with Gasteiger partial charge in [-0.05, 0) is 48.2 Å². The van der Waals surface area contributed by atoms with Gasteiger partial charge in [-0.25, -0.2) is 5.43 Å². The SMILES string of the molecule is Cc1ccsc1/C=N/NC(=O)C(=O)Nc1ccc(C#N)cc1. The summed E-state index contributed by atoms with van der Waals surface area (Å²) < 4.78 is 0. The second kappa shape index (κ2) is 7.15. The number of benzene rings is 1. The van der Waals surface area contributed by atoms with Crippen LogP contribution in [0.15, 0.2) is 40.8 Å². The molecule has 2 amide bonds. The van der Waals surface area contributed by atoms with Crippen LogP contribution >= 0.6 is 11.3 Å². The predicted octanol–water partition coefficient (Wildman–Crippen LogP) is 2.02. The topological polar surface area (TPSA) is 94.3 Å². The Balaban J connectivity index is 1.89. The zero-order chi connectivity index (χ0) is 15.9. The highest BCUT2D eigenvalue weighted by Crippen LogP contribution is 2.12. The van der Waals surface area contributed by atoms with Crippen molar-refractivity contribution in [2.24, 2.45) is 5.10 Å². The highest BCUT2D eigenvalue weighted by atomic mass is 32.1. The monoisotopic (exact) mass is 312 g/mol. The van der Waals surface area contributed by atoms with E-state index in [0.29, 0.717) is 11.3 Å². The Bertz CT molecular complexity index is 757. The Labute approximate surface area is 131 Å². The van der Waals surface area contributed by atoms with Crippen LogP contribution in [0.4, 0.5) is 5.69 Å². The van der Waals surface area contributed by atoms with Crippen molar-refractivity contribution < 1.29 is 9.59 Å². The molecule has 22 heavy (non-hydrogen) atoms. The molecule has 7 heteroatoms. The van der Waals surface area contributed by atoms with Gasteiger partial charge in [0.1, 0.15) is 0 Å². The van der Waals surface area contributed by atoms with Gasteiger partial charge in [-0.2, -0.15) is 10.4 Å². The number of nitrogens with zero attached hydrogens (tertiary/aromatic N) is 2. The fourth-order valence-corrected chi connectivity index (χ4v) is 2.32. The van der Waals surface area contributed by atoms with Crippen LogP contribution < -0.4 is 10.7 Å². The van der Waals surface area contributed by atoms with Gasteiger partial charge in [0.2, 0.25) is 0 Å². The maximum Gasteiger partial charge on any atom is 0.329 e. The molecule has 1 heterocycles. The van der Waals surface area contributed by atoms with Gasteiger partial charge < -0.3 is 5.32 Å². The van der Waals surface area contributed by atoms with Crippen LogP contribution in [0.5, 0.6) is 0 Å². The van der Waals surface area contributed by atoms with Gasteiger partial charge in [0.15, 0.2) is 0 Å². The molecule has 110 valence electrons. The van der Waals surface area contributed by atoms with Gasteiger partial charge in [0.25, 0.3) is 0 Å². The number of nitriles is 1. The van der Waals surface area contributed by atoms with E-state index >= 15 is 0 Å². The van der Waals surface area contributed by atoms with Crippen molar-refractivity contribution in [3.63, 3.8) is 0 Å². The van der Waals surface area contributed by atoms with E-state index in [1.807, 2.05) is 24.4 Å². The van der Waals surface area contributed by atoms with Crippen LogP contribution in [0.3, 0.4) is 0 Å². The number of hydrogen-bond donors (Lipinski definition) is 2. The molecular weight excluding hydrogens is 300 g/mol. The van der Waals surface area contributed by atoms with E-state index in [4.69, 9.17) is 5.26 Å². The maximum absolute atomic E-state index is 11.7. The Kier molecular flexibility index (Phi) is 5.01. The molecule has 0 bridgehead atoms. The highest BCUT2D eigenvalue weighted by molar-refractivity contribution is 7.11. The molecule has 0 aliphatic heterocycles. The van der Waals surface area contributed by atoms with Gasteiger partial charge in [0, 0.05) is 10.6 Å². The lowest BCUT2D eigenvalue weighted by atomic mass is 10.2. The van der Waals surface area contributed by atoms with Gasteiger partial charge in [-0.15, -0.1) is 11.3 Å². The summed E-state index contributed by atoms with van der Waals surface area (Å²) in [6.07, 6.45) is 1.49. The average molecular weight is 312 g/mol. The zero-order valence-electron chi connectivity index (χ0n) is 11.7. The number of carbonyl (C=O) groups excluding carboxylic acids is 2. The smallest absolute Gasteiger partial charge is 0.318 e. The first-order valence-electron chi connectivity index (χ1n) is 6.29. The van der Waals surface area contributed by atoms with Crippen molar-refractivity contribution in [3.05, 3.63) is 51.7 Å². The van der Waals surface area contributed by atoms with Crippen LogP contribution in [0.2, 0.25) is 0 Å². The minimum Gasteiger partial charge on any atom is -0.318 e. The molecule has 2 N–H and O–H groups in total. The van der Waals surface area contributed by atoms with E-state index in [9.17, 15) is 9.59 Å². The van der Waals surface area contributed by atoms with Crippen LogP contribution in [-0.4, -0.2) is 18.0 Å². The van der Waals surface area contributed by atoms with Crippen LogP contribution in [0, 0.1) is 18.3 Å². The van der Waals surface area contributed by atoms with Gasteiger partial charge >= 0.3 is 11.8 Å². The van der Waals surface area contributed by atoms with E-state index < -0.39 is 11.8 Å². The van der Waals surface area contributed by atoms with Gasteiger partial charge in [-0.3, -0.25) is 9.59 Å². The molecule has 1 aromatic carbocycles. The lowest BCUT2D eigenvalue weighted by Crippen LogP contribution is -2.32. The molecule has 1 aromatic heterocycles. The maximum atomic E-state index is 11.7. The van der Waals surface area contributed by atoms with Gasteiger partial charge in [-0.1, -0.05) is 0 Å². The molecule has 0 atom stereocenters. The minimum absolute atomic E-state index is 0.428. The second-order valence-corrected chi connectivity index (χ2v) is 5.26. The first-order valence-corrected chi connectivity index (χ1v) is 7.17. The summed E-state index contributed by atoms with van der Waals surface area (Å²) >= 11 is 1.49. The van der Waals surface area contributed by atoms with Crippen LogP contribution in [0.1, 0.15) is 16.0 Å². The second-order valence-electron chi connectivity index (χ2n) is 4.31. The normalized spacial score (nSPS) is 10.2. The number of thiophene rings is 1. The Morgan fingerprint density at radius 1 is 1.23 bits per heavy atom. The minimum atomic E-state index is -0.866. The average Bonchev–Trinajstić information content (AvgIpc) is 2.93. The van der Waals surface area contributed by atoms with Crippen molar-refractivity contribution in [1.82, 2.24) is 5.43 Å². The standard InChI is InChI=1S/C15H12N4O2S/c1-10-6-7-22-13(10)9-17-19-15(21)14(20)18-12-4-2-11(8-16)3-5-12/h2-7,9H,1H3,(H,18,20)(H,19,21)/b17-9+. The number of hydrazone groups is 1. The summed E-state index contributed by atoms with van der Waals surface area (Å²) in [7, 11) is 0. The lowest BCUT2D eigenvalue weighted by Gasteiger charge is -2.03. The molecule has 0 fully saturated rings. The predicted molar refractivity (Wildman–Crippen MR) is 84.6 cm³/mol. The first-order chi connectivity index (χ1) is 10.6. The third-order valence-corrected chi connectivity index (χ3v) is 3.68. The van der Waals surface area contributed by atoms with Crippen molar-refractivity contribution in [1.29, 1.82) is 5.26 Å². The summed E-state index contributed by atoms with van der Waals surface area (Å²) in [5.41, 5.74) is 4.11. The highest BCUT2D eigenvalue weighted by Gasteiger charge is 2.12. The number of carbonyl (C=O) groups is 2. The number of nitrogens with one attached hydrogen (secondary N) is 2. The number of rotatable bonds is 3. The first kappa shape index (κ1) is 15.4. The Morgan fingerprint density at radius 2 is 1.95 bits per heavy atom. The fraction of sp³-hybridized carbons (Fsp3) is 0.0667. The number of anilines is 1. The molecule has 0 saturated heterocycles. The van der Waals surface area contributed by atoms with Crippen molar-refractivity contribution in [3.8, 4) is 6.07 Å². The summed E-state index contributed by atoms with van der Waals surface area (Å²) in [5, 5.41) is 16.8. The Morgan fingerprint density at radius 3 is 2.55 bits per heavy atom. The van der Waals surface area contributed by atoms with Crippen LogP contribution in [-0.2, 0) is 9.59 Å². The van der Waals surface area contributed by atoms with Crippen molar-refractivity contribution in [2.45, 2.75) is 6.92 Å². The van der Waals surface area contributed by atoms with E-state index in [1.54, 1.807) is 24.3 Å². The van der Waals surface area contributed by atoms with E-state index in [-0.39, 0.29) is 0 Å². The third-order valence-electron chi connectivity index (χ3n) is 2.73.